The highest BCUT2D eigenvalue weighted by Crippen LogP contribution is 2.34. The van der Waals surface area contributed by atoms with Crippen LogP contribution in [-0.4, -0.2) is 25.7 Å². The van der Waals surface area contributed by atoms with Gasteiger partial charge < -0.3 is 10.3 Å². The van der Waals surface area contributed by atoms with Crippen molar-refractivity contribution in [1.82, 2.24) is 19.7 Å². The molecule has 2 N–H and O–H groups in total. The molecule has 0 aromatic carbocycles. The molecule has 0 bridgehead atoms. The fourth-order valence-corrected chi connectivity index (χ4v) is 4.71. The maximum Gasteiger partial charge on any atom is 0.259 e. The number of aromatic nitrogens is 4. The summed E-state index contributed by atoms with van der Waals surface area (Å²) in [6, 6.07) is 1.94. The van der Waals surface area contributed by atoms with Crippen molar-refractivity contribution < 1.29 is 4.79 Å². The van der Waals surface area contributed by atoms with E-state index in [2.05, 4.69) is 20.4 Å². The SMILES string of the molecule is CC(C)n1nccc1NC(=O)CCc1nc2sc3c(c2c(=O)[nH]1)CCC3. The Balaban J connectivity index is 1.47. The van der Waals surface area contributed by atoms with Crippen molar-refractivity contribution >= 4 is 33.3 Å². The quantitative estimate of drug-likeness (QED) is 0.721. The van der Waals surface area contributed by atoms with Crippen LogP contribution in [0.15, 0.2) is 17.1 Å². The minimum absolute atomic E-state index is 0.0808. The third kappa shape index (κ3) is 3.05. The molecule has 1 amide bonds. The molecule has 0 spiro atoms. The molecular weight excluding hydrogens is 350 g/mol. The number of aryl methyl sites for hydroxylation is 3. The van der Waals surface area contributed by atoms with Gasteiger partial charge in [-0.2, -0.15) is 5.10 Å². The molecule has 1 aliphatic carbocycles. The van der Waals surface area contributed by atoms with E-state index in [9.17, 15) is 9.59 Å². The van der Waals surface area contributed by atoms with Gasteiger partial charge in [-0.05, 0) is 38.7 Å². The first-order valence-corrected chi connectivity index (χ1v) is 9.71. The Kier molecular flexibility index (Phi) is 4.36. The summed E-state index contributed by atoms with van der Waals surface area (Å²) in [6.07, 6.45) is 5.44. The second kappa shape index (κ2) is 6.68. The van der Waals surface area contributed by atoms with Crippen LogP contribution in [0.2, 0.25) is 0 Å². The lowest BCUT2D eigenvalue weighted by molar-refractivity contribution is -0.116. The number of amides is 1. The van der Waals surface area contributed by atoms with Gasteiger partial charge in [0.15, 0.2) is 0 Å². The van der Waals surface area contributed by atoms with Crippen molar-refractivity contribution in [3.63, 3.8) is 0 Å². The monoisotopic (exact) mass is 371 g/mol. The van der Waals surface area contributed by atoms with Gasteiger partial charge in [0, 0.05) is 29.8 Å². The first-order chi connectivity index (χ1) is 12.5. The molecule has 1 aliphatic rings. The molecule has 0 saturated carbocycles. The van der Waals surface area contributed by atoms with E-state index in [1.807, 2.05) is 13.8 Å². The lowest BCUT2D eigenvalue weighted by atomic mass is 10.2. The summed E-state index contributed by atoms with van der Waals surface area (Å²) in [5.74, 6) is 1.12. The highest BCUT2D eigenvalue weighted by atomic mass is 32.1. The molecule has 3 aromatic heterocycles. The van der Waals surface area contributed by atoms with E-state index in [4.69, 9.17) is 0 Å². The zero-order valence-electron chi connectivity index (χ0n) is 14.8. The van der Waals surface area contributed by atoms with Crippen molar-refractivity contribution in [2.75, 3.05) is 5.32 Å². The Labute approximate surface area is 154 Å². The van der Waals surface area contributed by atoms with E-state index < -0.39 is 0 Å². The lowest BCUT2D eigenvalue weighted by Gasteiger charge is -2.11. The first kappa shape index (κ1) is 17.0. The van der Waals surface area contributed by atoms with Crippen LogP contribution in [0.25, 0.3) is 10.2 Å². The van der Waals surface area contributed by atoms with Gasteiger partial charge in [0.1, 0.15) is 16.5 Å². The third-order valence-corrected chi connectivity index (χ3v) is 5.83. The normalized spacial score (nSPS) is 13.5. The van der Waals surface area contributed by atoms with E-state index >= 15 is 0 Å². The molecule has 26 heavy (non-hydrogen) atoms. The number of carbonyl (C=O) groups is 1. The van der Waals surface area contributed by atoms with Crippen LogP contribution in [0.4, 0.5) is 5.82 Å². The highest BCUT2D eigenvalue weighted by Gasteiger charge is 2.21. The van der Waals surface area contributed by atoms with E-state index in [-0.39, 0.29) is 23.9 Å². The van der Waals surface area contributed by atoms with E-state index in [1.54, 1.807) is 28.3 Å². The molecule has 136 valence electrons. The van der Waals surface area contributed by atoms with Crippen molar-refractivity contribution in [3.05, 3.63) is 38.9 Å². The topological polar surface area (TPSA) is 92.7 Å². The van der Waals surface area contributed by atoms with Gasteiger partial charge in [0.25, 0.3) is 5.56 Å². The molecule has 0 atom stereocenters. The molecule has 3 aromatic rings. The van der Waals surface area contributed by atoms with Gasteiger partial charge >= 0.3 is 0 Å². The van der Waals surface area contributed by atoms with Crippen LogP contribution in [0.3, 0.4) is 0 Å². The number of thiophene rings is 1. The van der Waals surface area contributed by atoms with Gasteiger partial charge in [-0.25, -0.2) is 9.67 Å². The van der Waals surface area contributed by atoms with Crippen molar-refractivity contribution in [2.45, 2.75) is 52.0 Å². The smallest absolute Gasteiger partial charge is 0.259 e. The number of hydrogen-bond donors (Lipinski definition) is 2. The molecule has 4 rings (SSSR count). The number of nitrogens with one attached hydrogen (secondary N) is 2. The van der Waals surface area contributed by atoms with Crippen LogP contribution in [0.5, 0.6) is 0 Å². The Morgan fingerprint density at radius 3 is 3.08 bits per heavy atom. The third-order valence-electron chi connectivity index (χ3n) is 4.64. The summed E-state index contributed by atoms with van der Waals surface area (Å²) in [5, 5.41) is 7.82. The molecule has 0 radical (unpaired) electrons. The van der Waals surface area contributed by atoms with Gasteiger partial charge in [-0.3, -0.25) is 9.59 Å². The van der Waals surface area contributed by atoms with Gasteiger partial charge in [0.2, 0.25) is 5.91 Å². The number of fused-ring (bicyclic) bond motifs is 3. The number of aromatic amines is 1. The highest BCUT2D eigenvalue weighted by molar-refractivity contribution is 7.18. The average molecular weight is 371 g/mol. The van der Waals surface area contributed by atoms with E-state index in [0.29, 0.717) is 18.1 Å². The molecular formula is C18H21N5O2S. The first-order valence-electron chi connectivity index (χ1n) is 8.89. The lowest BCUT2D eigenvalue weighted by Crippen LogP contribution is -2.18. The van der Waals surface area contributed by atoms with Gasteiger partial charge in [-0.15, -0.1) is 11.3 Å². The van der Waals surface area contributed by atoms with Crippen LogP contribution in [-0.2, 0) is 24.1 Å². The zero-order valence-corrected chi connectivity index (χ0v) is 15.7. The predicted molar refractivity (Wildman–Crippen MR) is 102 cm³/mol. The number of hydrogen-bond acceptors (Lipinski definition) is 5. The van der Waals surface area contributed by atoms with Crippen LogP contribution >= 0.6 is 11.3 Å². The maximum absolute atomic E-state index is 12.4. The summed E-state index contributed by atoms with van der Waals surface area (Å²) in [7, 11) is 0. The second-order valence-corrected chi connectivity index (χ2v) is 7.94. The summed E-state index contributed by atoms with van der Waals surface area (Å²) in [6.45, 7) is 4.01. The molecule has 8 heteroatoms. The summed E-state index contributed by atoms with van der Waals surface area (Å²) < 4.78 is 1.76. The maximum atomic E-state index is 12.4. The standard InChI is InChI=1S/C18H21N5O2S/c1-10(2)23-14(8-9-19-23)22-15(24)7-6-13-20-17(25)16-11-4-3-5-12(11)26-18(16)21-13/h8-10H,3-7H2,1-2H3,(H,22,24)(H,20,21,25). The number of anilines is 1. The van der Waals surface area contributed by atoms with Gasteiger partial charge in [0.05, 0.1) is 11.6 Å². The Hall–Kier alpha value is -2.48. The summed E-state index contributed by atoms with van der Waals surface area (Å²) in [4.78, 5) is 34.2. The van der Waals surface area contributed by atoms with Crippen LogP contribution in [0.1, 0.15) is 49.0 Å². The van der Waals surface area contributed by atoms with E-state index in [0.717, 1.165) is 29.5 Å². The molecule has 3 heterocycles. The summed E-state index contributed by atoms with van der Waals surface area (Å²) in [5.41, 5.74) is 1.09. The Morgan fingerprint density at radius 1 is 1.42 bits per heavy atom. The Morgan fingerprint density at radius 2 is 2.27 bits per heavy atom. The van der Waals surface area contributed by atoms with Gasteiger partial charge in [-0.1, -0.05) is 0 Å². The molecule has 7 nitrogen and oxygen atoms in total. The predicted octanol–water partition coefficient (Wildman–Crippen LogP) is 2.82. The molecule has 0 unspecified atom stereocenters. The minimum atomic E-state index is -0.121. The Bertz CT molecular complexity index is 1030. The molecule has 0 fully saturated rings. The van der Waals surface area contributed by atoms with Crippen LogP contribution < -0.4 is 10.9 Å². The van der Waals surface area contributed by atoms with Crippen LogP contribution in [0, 0.1) is 0 Å². The average Bonchev–Trinajstić information content (AvgIpc) is 3.27. The molecule has 0 aliphatic heterocycles. The van der Waals surface area contributed by atoms with E-state index in [1.165, 1.54) is 10.4 Å². The number of rotatable bonds is 5. The second-order valence-electron chi connectivity index (χ2n) is 6.85. The number of carbonyl (C=O) groups excluding carboxylic acids is 1. The van der Waals surface area contributed by atoms with Crippen molar-refractivity contribution in [1.29, 1.82) is 0 Å². The largest absolute Gasteiger partial charge is 0.311 e. The zero-order chi connectivity index (χ0) is 18.3. The fourth-order valence-electron chi connectivity index (χ4n) is 3.43. The molecule has 0 saturated heterocycles. The number of nitrogens with zero attached hydrogens (tertiary/aromatic N) is 3. The summed E-state index contributed by atoms with van der Waals surface area (Å²) >= 11 is 1.61. The fraction of sp³-hybridized carbons (Fsp3) is 0.444. The minimum Gasteiger partial charge on any atom is -0.311 e. The van der Waals surface area contributed by atoms with Crippen molar-refractivity contribution in [3.8, 4) is 0 Å². The number of H-pyrrole nitrogens is 1. The van der Waals surface area contributed by atoms with Crippen molar-refractivity contribution in [2.24, 2.45) is 0 Å².